The minimum atomic E-state index is 0.805. The number of nitrogens with one attached hydrogen (secondary N) is 1. The van der Waals surface area contributed by atoms with Crippen molar-refractivity contribution in [3.8, 4) is 0 Å². The van der Waals surface area contributed by atoms with Gasteiger partial charge < -0.3 is 14.8 Å². The van der Waals surface area contributed by atoms with Crippen LogP contribution in [0.5, 0.6) is 0 Å². The number of aromatic nitrogens is 3. The molecule has 0 bridgehead atoms. The molecule has 0 amide bonds. The Labute approximate surface area is 101 Å². The first-order chi connectivity index (χ1) is 7.86. The first-order valence-electron chi connectivity index (χ1n) is 5.70. The molecule has 5 nitrogen and oxygen atoms in total. The number of aryl methyl sites for hydroxylation is 1. The number of hydrogen-bond donors (Lipinski definition) is 1. The van der Waals surface area contributed by atoms with Crippen molar-refractivity contribution in [3.63, 3.8) is 0 Å². The van der Waals surface area contributed by atoms with E-state index in [1.54, 1.807) is 6.33 Å². The van der Waals surface area contributed by atoms with Gasteiger partial charge >= 0.3 is 0 Å². The van der Waals surface area contributed by atoms with Crippen LogP contribution in [0.2, 0.25) is 0 Å². The lowest BCUT2D eigenvalue weighted by Crippen LogP contribution is -2.37. The van der Waals surface area contributed by atoms with Crippen LogP contribution in [0.3, 0.4) is 0 Å². The van der Waals surface area contributed by atoms with Gasteiger partial charge in [0.2, 0.25) is 0 Å². The molecule has 1 aliphatic rings. The Bertz CT molecular complexity index is 308. The molecule has 0 aliphatic carbocycles. The lowest BCUT2D eigenvalue weighted by atomic mass is 10.4. The second-order valence-corrected chi connectivity index (χ2v) is 5.21. The van der Waals surface area contributed by atoms with Gasteiger partial charge in [0.25, 0.3) is 0 Å². The standard InChI is InChI=1S/C10H19N5S/c1-14-9-12-13-10(14)8-11-2-3-15-4-6-16-7-5-15/h9,11H,2-8H2,1H3. The summed E-state index contributed by atoms with van der Waals surface area (Å²) in [5.74, 6) is 3.56. The minimum Gasteiger partial charge on any atom is -0.320 e. The molecule has 0 saturated carbocycles. The SMILES string of the molecule is Cn1cnnc1CNCCN1CCSCC1. The van der Waals surface area contributed by atoms with Gasteiger partial charge in [-0.2, -0.15) is 11.8 Å². The molecular weight excluding hydrogens is 222 g/mol. The zero-order chi connectivity index (χ0) is 11.2. The third-order valence-corrected chi connectivity index (χ3v) is 3.74. The maximum atomic E-state index is 4.03. The second kappa shape index (κ2) is 6.22. The maximum Gasteiger partial charge on any atom is 0.146 e. The lowest BCUT2D eigenvalue weighted by Gasteiger charge is -2.25. The Morgan fingerprint density at radius 3 is 2.94 bits per heavy atom. The van der Waals surface area contributed by atoms with E-state index in [0.717, 1.165) is 25.5 Å². The molecule has 90 valence electrons. The Morgan fingerprint density at radius 2 is 2.25 bits per heavy atom. The van der Waals surface area contributed by atoms with Crippen molar-refractivity contribution in [3.05, 3.63) is 12.2 Å². The van der Waals surface area contributed by atoms with Gasteiger partial charge in [-0.1, -0.05) is 0 Å². The molecule has 0 atom stereocenters. The monoisotopic (exact) mass is 241 g/mol. The number of thioether (sulfide) groups is 1. The van der Waals surface area contributed by atoms with Crippen LogP contribution in [0.15, 0.2) is 6.33 Å². The van der Waals surface area contributed by atoms with Gasteiger partial charge in [-0.3, -0.25) is 0 Å². The summed E-state index contributed by atoms with van der Waals surface area (Å²) >= 11 is 2.05. The molecule has 0 spiro atoms. The molecule has 0 radical (unpaired) electrons. The van der Waals surface area contributed by atoms with E-state index in [4.69, 9.17) is 0 Å². The van der Waals surface area contributed by atoms with Gasteiger partial charge in [0.1, 0.15) is 12.2 Å². The van der Waals surface area contributed by atoms with Crippen LogP contribution in [0.1, 0.15) is 5.82 Å². The molecule has 0 aromatic carbocycles. The molecule has 1 N–H and O–H groups in total. The highest BCUT2D eigenvalue weighted by Gasteiger charge is 2.09. The molecule has 0 unspecified atom stereocenters. The minimum absolute atomic E-state index is 0.805. The Morgan fingerprint density at radius 1 is 1.44 bits per heavy atom. The van der Waals surface area contributed by atoms with Crippen LogP contribution < -0.4 is 5.32 Å². The van der Waals surface area contributed by atoms with Gasteiger partial charge in [0.05, 0.1) is 6.54 Å². The summed E-state index contributed by atoms with van der Waals surface area (Å²) in [6, 6.07) is 0. The maximum absolute atomic E-state index is 4.03. The van der Waals surface area contributed by atoms with Crippen molar-refractivity contribution >= 4 is 11.8 Å². The van der Waals surface area contributed by atoms with Crippen molar-refractivity contribution in [1.29, 1.82) is 0 Å². The predicted molar refractivity (Wildman–Crippen MR) is 66.5 cm³/mol. The first-order valence-corrected chi connectivity index (χ1v) is 6.85. The fourth-order valence-electron chi connectivity index (χ4n) is 1.73. The Hall–Kier alpha value is -0.590. The summed E-state index contributed by atoms with van der Waals surface area (Å²) < 4.78 is 1.95. The molecule has 16 heavy (non-hydrogen) atoms. The van der Waals surface area contributed by atoms with Gasteiger partial charge in [0, 0.05) is 44.7 Å². The van der Waals surface area contributed by atoms with Gasteiger partial charge in [-0.15, -0.1) is 10.2 Å². The summed E-state index contributed by atoms with van der Waals surface area (Å²) in [5, 5.41) is 11.3. The Kier molecular flexibility index (Phi) is 4.62. The van der Waals surface area contributed by atoms with Crippen molar-refractivity contribution in [2.24, 2.45) is 7.05 Å². The van der Waals surface area contributed by atoms with Crippen LogP contribution in [0, 0.1) is 0 Å². The largest absolute Gasteiger partial charge is 0.320 e. The molecule has 1 aromatic heterocycles. The molecule has 1 saturated heterocycles. The van der Waals surface area contributed by atoms with E-state index >= 15 is 0 Å². The first kappa shape index (κ1) is 11.9. The molecule has 1 fully saturated rings. The molecular formula is C10H19N5S. The quantitative estimate of drug-likeness (QED) is 0.733. The average molecular weight is 241 g/mol. The highest BCUT2D eigenvalue weighted by Crippen LogP contribution is 2.07. The molecule has 1 aliphatic heterocycles. The summed E-state index contributed by atoms with van der Waals surface area (Å²) in [5.41, 5.74) is 0. The summed E-state index contributed by atoms with van der Waals surface area (Å²) in [4.78, 5) is 2.51. The van der Waals surface area contributed by atoms with E-state index in [-0.39, 0.29) is 0 Å². The van der Waals surface area contributed by atoms with Crippen molar-refractivity contribution < 1.29 is 0 Å². The van der Waals surface area contributed by atoms with Gasteiger partial charge in [0.15, 0.2) is 0 Å². The topological polar surface area (TPSA) is 46.0 Å². The van der Waals surface area contributed by atoms with E-state index in [0.29, 0.717) is 0 Å². The van der Waals surface area contributed by atoms with Crippen LogP contribution in [-0.4, -0.2) is 57.3 Å². The third kappa shape index (κ3) is 3.47. The molecule has 2 heterocycles. The molecule has 6 heteroatoms. The van der Waals surface area contributed by atoms with Crippen LogP contribution in [0.25, 0.3) is 0 Å². The summed E-state index contributed by atoms with van der Waals surface area (Å²) in [6.45, 7) is 5.43. The van der Waals surface area contributed by atoms with E-state index in [9.17, 15) is 0 Å². The van der Waals surface area contributed by atoms with Crippen LogP contribution >= 0.6 is 11.8 Å². The zero-order valence-corrected chi connectivity index (χ0v) is 10.5. The van der Waals surface area contributed by atoms with Gasteiger partial charge in [-0.25, -0.2) is 0 Å². The van der Waals surface area contributed by atoms with E-state index in [1.807, 2.05) is 11.6 Å². The van der Waals surface area contributed by atoms with Gasteiger partial charge in [-0.05, 0) is 0 Å². The van der Waals surface area contributed by atoms with E-state index in [2.05, 4.69) is 32.2 Å². The predicted octanol–water partition coefficient (Wildman–Crippen LogP) is -0.0465. The fraction of sp³-hybridized carbons (Fsp3) is 0.800. The number of rotatable bonds is 5. The van der Waals surface area contributed by atoms with E-state index in [1.165, 1.54) is 24.6 Å². The second-order valence-electron chi connectivity index (χ2n) is 3.99. The van der Waals surface area contributed by atoms with Crippen molar-refractivity contribution in [2.45, 2.75) is 6.54 Å². The summed E-state index contributed by atoms with van der Waals surface area (Å²) in [7, 11) is 1.97. The van der Waals surface area contributed by atoms with E-state index < -0.39 is 0 Å². The zero-order valence-electron chi connectivity index (χ0n) is 9.72. The number of nitrogens with zero attached hydrogens (tertiary/aromatic N) is 4. The lowest BCUT2D eigenvalue weighted by molar-refractivity contribution is 0.300. The highest BCUT2D eigenvalue weighted by molar-refractivity contribution is 7.99. The van der Waals surface area contributed by atoms with Crippen LogP contribution in [0.4, 0.5) is 0 Å². The number of hydrogen-bond acceptors (Lipinski definition) is 5. The highest BCUT2D eigenvalue weighted by atomic mass is 32.2. The smallest absolute Gasteiger partial charge is 0.146 e. The van der Waals surface area contributed by atoms with Crippen molar-refractivity contribution in [1.82, 2.24) is 25.0 Å². The van der Waals surface area contributed by atoms with Crippen LogP contribution in [-0.2, 0) is 13.6 Å². The molecule has 1 aromatic rings. The molecule has 2 rings (SSSR count). The van der Waals surface area contributed by atoms with Crippen molar-refractivity contribution in [2.75, 3.05) is 37.7 Å². The fourth-order valence-corrected chi connectivity index (χ4v) is 2.71. The summed E-state index contributed by atoms with van der Waals surface area (Å²) in [6.07, 6.45) is 1.73. The Balaban J connectivity index is 1.59. The normalized spacial score (nSPS) is 17.8. The average Bonchev–Trinajstić information content (AvgIpc) is 2.72. The third-order valence-electron chi connectivity index (χ3n) is 2.80.